The fourth-order valence-corrected chi connectivity index (χ4v) is 1.29. The zero-order chi connectivity index (χ0) is 9.14. The minimum atomic E-state index is -1.27. The Bertz CT molecular complexity index is 314. The van der Waals surface area contributed by atoms with E-state index < -0.39 is 11.9 Å². The van der Waals surface area contributed by atoms with Gasteiger partial charge in [-0.3, -0.25) is 0 Å². The number of nitriles is 1. The Morgan fingerprint density at radius 3 is 2.67 bits per heavy atom. The van der Waals surface area contributed by atoms with Crippen molar-refractivity contribution in [2.45, 2.75) is 6.10 Å². The van der Waals surface area contributed by atoms with E-state index in [0.29, 0.717) is 4.47 Å². The van der Waals surface area contributed by atoms with Crippen molar-refractivity contribution in [1.29, 1.82) is 5.26 Å². The molecule has 1 N–H and O–H groups in total. The molecule has 62 valence electrons. The molecular weight excluding hydrogens is 225 g/mol. The minimum absolute atomic E-state index is 0.254. The summed E-state index contributed by atoms with van der Waals surface area (Å²) in [6.45, 7) is 0. The summed E-state index contributed by atoms with van der Waals surface area (Å²) in [5.41, 5.74) is 0.254. The van der Waals surface area contributed by atoms with E-state index >= 15 is 0 Å². The third-order valence-corrected chi connectivity index (χ3v) is 1.78. The second kappa shape index (κ2) is 3.65. The average molecular weight is 230 g/mol. The molecule has 0 heterocycles. The van der Waals surface area contributed by atoms with Crippen molar-refractivity contribution in [1.82, 2.24) is 0 Å². The van der Waals surface area contributed by atoms with Crippen molar-refractivity contribution in [3.05, 3.63) is 34.1 Å². The molecule has 0 saturated carbocycles. The molecular formula is C8H5BrFNO. The monoisotopic (exact) mass is 229 g/mol. The van der Waals surface area contributed by atoms with Gasteiger partial charge in [-0.2, -0.15) is 5.26 Å². The molecule has 0 aliphatic carbocycles. The third kappa shape index (κ3) is 2.03. The predicted molar refractivity (Wildman–Crippen MR) is 44.7 cm³/mol. The first kappa shape index (κ1) is 9.17. The molecule has 1 unspecified atom stereocenters. The molecule has 1 aromatic rings. The van der Waals surface area contributed by atoms with Gasteiger partial charge in [-0.05, 0) is 23.8 Å². The number of nitrogens with zero attached hydrogens (tertiary/aromatic N) is 1. The molecule has 12 heavy (non-hydrogen) atoms. The van der Waals surface area contributed by atoms with Gasteiger partial charge in [-0.1, -0.05) is 15.9 Å². The van der Waals surface area contributed by atoms with Crippen LogP contribution in [0.4, 0.5) is 4.39 Å². The summed E-state index contributed by atoms with van der Waals surface area (Å²) in [5, 5.41) is 17.4. The summed E-state index contributed by atoms with van der Waals surface area (Å²) < 4.78 is 13.2. The smallest absolute Gasteiger partial charge is 0.166 e. The fourth-order valence-electron chi connectivity index (χ4n) is 0.808. The molecule has 1 rings (SSSR count). The van der Waals surface area contributed by atoms with Crippen LogP contribution >= 0.6 is 15.9 Å². The van der Waals surface area contributed by atoms with E-state index in [0.717, 1.165) is 6.07 Å². The molecule has 1 atom stereocenters. The highest BCUT2D eigenvalue weighted by Gasteiger charge is 2.07. The maximum Gasteiger partial charge on any atom is 0.166 e. The lowest BCUT2D eigenvalue weighted by Crippen LogP contribution is -1.93. The van der Waals surface area contributed by atoms with Crippen LogP contribution in [0.2, 0.25) is 0 Å². The molecule has 0 amide bonds. The first-order chi connectivity index (χ1) is 5.63. The van der Waals surface area contributed by atoms with Gasteiger partial charge in [-0.25, -0.2) is 4.39 Å². The van der Waals surface area contributed by atoms with Crippen molar-refractivity contribution in [2.75, 3.05) is 0 Å². The number of aliphatic hydroxyl groups is 1. The van der Waals surface area contributed by atoms with E-state index in [1.54, 1.807) is 6.07 Å². The second-order valence-corrected chi connectivity index (χ2v) is 3.15. The first-order valence-electron chi connectivity index (χ1n) is 3.17. The molecule has 2 nitrogen and oxygen atoms in total. The van der Waals surface area contributed by atoms with Crippen LogP contribution in [-0.4, -0.2) is 5.11 Å². The van der Waals surface area contributed by atoms with Gasteiger partial charge in [0.1, 0.15) is 5.82 Å². The highest BCUT2D eigenvalue weighted by Crippen LogP contribution is 2.19. The summed E-state index contributed by atoms with van der Waals surface area (Å²) >= 11 is 3.05. The normalized spacial score (nSPS) is 12.2. The zero-order valence-corrected chi connectivity index (χ0v) is 7.55. The van der Waals surface area contributed by atoms with Crippen LogP contribution in [0.25, 0.3) is 0 Å². The quantitative estimate of drug-likeness (QED) is 0.751. The summed E-state index contributed by atoms with van der Waals surface area (Å²) in [5.74, 6) is -0.478. The standard InChI is InChI=1S/C8H5BrFNO/c9-6-1-5(8(12)4-11)2-7(10)3-6/h1-3,8,12H. The van der Waals surface area contributed by atoms with E-state index in [4.69, 9.17) is 10.4 Å². The maximum absolute atomic E-state index is 12.7. The topological polar surface area (TPSA) is 44.0 Å². The average Bonchev–Trinajstić information content (AvgIpc) is 2.01. The number of hydrogen-bond acceptors (Lipinski definition) is 2. The van der Waals surface area contributed by atoms with Crippen molar-refractivity contribution in [3.63, 3.8) is 0 Å². The fraction of sp³-hybridized carbons (Fsp3) is 0.125. The van der Waals surface area contributed by atoms with Crippen molar-refractivity contribution < 1.29 is 9.50 Å². The molecule has 0 spiro atoms. The lowest BCUT2D eigenvalue weighted by atomic mass is 10.1. The summed E-state index contributed by atoms with van der Waals surface area (Å²) in [7, 11) is 0. The van der Waals surface area contributed by atoms with E-state index in [1.165, 1.54) is 12.1 Å². The molecule has 0 aliphatic heterocycles. The Balaban J connectivity index is 3.10. The largest absolute Gasteiger partial charge is 0.374 e. The second-order valence-electron chi connectivity index (χ2n) is 2.23. The van der Waals surface area contributed by atoms with Gasteiger partial charge < -0.3 is 5.11 Å². The molecule has 0 aliphatic rings. The third-order valence-electron chi connectivity index (χ3n) is 1.32. The number of rotatable bonds is 1. The first-order valence-corrected chi connectivity index (χ1v) is 3.96. The summed E-state index contributed by atoms with van der Waals surface area (Å²) in [6, 6.07) is 5.48. The SMILES string of the molecule is N#CC(O)c1cc(F)cc(Br)c1. The summed E-state index contributed by atoms with van der Waals surface area (Å²) in [6.07, 6.45) is -1.27. The predicted octanol–water partition coefficient (Wildman–Crippen LogP) is 2.15. The van der Waals surface area contributed by atoms with Gasteiger partial charge >= 0.3 is 0 Å². The number of benzene rings is 1. The van der Waals surface area contributed by atoms with Crippen molar-refractivity contribution >= 4 is 15.9 Å². The van der Waals surface area contributed by atoms with Gasteiger partial charge in [0.2, 0.25) is 0 Å². The summed E-state index contributed by atoms with van der Waals surface area (Å²) in [4.78, 5) is 0. The van der Waals surface area contributed by atoms with Crippen LogP contribution in [0.1, 0.15) is 11.7 Å². The van der Waals surface area contributed by atoms with Gasteiger partial charge in [0.05, 0.1) is 6.07 Å². The van der Waals surface area contributed by atoms with Gasteiger partial charge in [0, 0.05) is 4.47 Å². The molecule has 0 saturated heterocycles. The van der Waals surface area contributed by atoms with Crippen LogP contribution in [0.3, 0.4) is 0 Å². The van der Waals surface area contributed by atoms with Crippen LogP contribution < -0.4 is 0 Å². The Morgan fingerprint density at radius 1 is 1.50 bits per heavy atom. The van der Waals surface area contributed by atoms with E-state index in [2.05, 4.69) is 15.9 Å². The number of hydrogen-bond donors (Lipinski definition) is 1. The highest BCUT2D eigenvalue weighted by atomic mass is 79.9. The lowest BCUT2D eigenvalue weighted by Gasteiger charge is -2.02. The van der Waals surface area contributed by atoms with Crippen LogP contribution in [0.5, 0.6) is 0 Å². The number of aliphatic hydroxyl groups excluding tert-OH is 1. The molecule has 1 aromatic carbocycles. The minimum Gasteiger partial charge on any atom is -0.374 e. The Labute approximate surface area is 77.4 Å². The maximum atomic E-state index is 12.7. The van der Waals surface area contributed by atoms with E-state index in [-0.39, 0.29) is 5.56 Å². The van der Waals surface area contributed by atoms with E-state index in [9.17, 15) is 4.39 Å². The van der Waals surface area contributed by atoms with Gasteiger partial charge in [0.15, 0.2) is 6.10 Å². The van der Waals surface area contributed by atoms with Crippen LogP contribution in [0, 0.1) is 17.1 Å². The molecule has 0 aromatic heterocycles. The number of halogens is 2. The van der Waals surface area contributed by atoms with Crippen LogP contribution in [-0.2, 0) is 0 Å². The zero-order valence-electron chi connectivity index (χ0n) is 5.96. The van der Waals surface area contributed by atoms with E-state index in [1.807, 2.05) is 0 Å². The Morgan fingerprint density at radius 2 is 2.17 bits per heavy atom. The molecule has 0 radical (unpaired) electrons. The molecule has 4 heteroatoms. The van der Waals surface area contributed by atoms with Crippen LogP contribution in [0.15, 0.2) is 22.7 Å². The van der Waals surface area contributed by atoms with Crippen molar-refractivity contribution in [2.24, 2.45) is 0 Å². The lowest BCUT2D eigenvalue weighted by molar-refractivity contribution is 0.235. The van der Waals surface area contributed by atoms with Gasteiger partial charge in [-0.15, -0.1) is 0 Å². The highest BCUT2D eigenvalue weighted by molar-refractivity contribution is 9.10. The Kier molecular flexibility index (Phi) is 2.79. The van der Waals surface area contributed by atoms with Crippen molar-refractivity contribution in [3.8, 4) is 6.07 Å². The van der Waals surface area contributed by atoms with Gasteiger partial charge in [0.25, 0.3) is 0 Å². The molecule has 0 bridgehead atoms. The Hall–Kier alpha value is -0.920. The molecule has 0 fully saturated rings.